The fourth-order valence-electron chi connectivity index (χ4n) is 8.85. The number of hydrogen-bond donors (Lipinski definition) is 0. The lowest BCUT2D eigenvalue weighted by Crippen LogP contribution is -2.12. The first-order valence-electron chi connectivity index (χ1n) is 20.2. The van der Waals surface area contributed by atoms with Crippen molar-refractivity contribution in [2.24, 2.45) is 0 Å². The Bertz CT molecular complexity index is 3630. The van der Waals surface area contributed by atoms with Gasteiger partial charge in [0.05, 0.1) is 17.6 Å². The van der Waals surface area contributed by atoms with Crippen LogP contribution >= 0.6 is 0 Å². The first kappa shape index (κ1) is 33.5. The summed E-state index contributed by atoms with van der Waals surface area (Å²) in [6, 6.07) is 62.4. The molecule has 0 aliphatic carbocycles. The molecule has 0 fully saturated rings. The number of aromatic nitrogens is 3. The molecule has 0 aliphatic rings. The van der Waals surface area contributed by atoms with Gasteiger partial charge in [-0.15, -0.1) is 10.2 Å². The van der Waals surface area contributed by atoms with Gasteiger partial charge in [-0.05, 0) is 82.2 Å². The van der Waals surface area contributed by atoms with Crippen molar-refractivity contribution in [3.05, 3.63) is 188 Å². The maximum Gasteiger partial charge on any atom is 0.164 e. The molecule has 0 bridgehead atoms. The molecule has 286 valence electrons. The Hall–Kier alpha value is -8.49. The summed E-state index contributed by atoms with van der Waals surface area (Å²) in [5, 5.41) is 18.4. The second-order valence-electron chi connectivity index (χ2n) is 15.3. The Labute approximate surface area is 347 Å². The third kappa shape index (κ3) is 5.36. The highest BCUT2D eigenvalue weighted by Gasteiger charge is 2.22. The van der Waals surface area contributed by atoms with Gasteiger partial charge in [0.25, 0.3) is 0 Å². The average molecular weight is 786 g/mol. The van der Waals surface area contributed by atoms with E-state index in [0.717, 1.165) is 93.9 Å². The molecule has 61 heavy (non-hydrogen) atoms. The summed E-state index contributed by atoms with van der Waals surface area (Å²) in [5.74, 6) is 0.592. The van der Waals surface area contributed by atoms with E-state index in [4.69, 9.17) is 28.4 Å². The van der Waals surface area contributed by atoms with Crippen LogP contribution in [0.5, 0.6) is 0 Å². The van der Waals surface area contributed by atoms with Crippen molar-refractivity contribution in [3.8, 4) is 0 Å². The molecule has 0 aliphatic heterocycles. The van der Waals surface area contributed by atoms with E-state index in [0.29, 0.717) is 28.0 Å². The van der Waals surface area contributed by atoms with E-state index in [1.165, 1.54) is 0 Å². The van der Waals surface area contributed by atoms with Crippen LogP contribution in [0.1, 0.15) is 0 Å². The molecule has 0 radical (unpaired) electrons. The van der Waals surface area contributed by atoms with Gasteiger partial charge in [0.2, 0.25) is 0 Å². The van der Waals surface area contributed by atoms with Crippen LogP contribution in [0.25, 0.3) is 87.6 Å². The summed E-state index contributed by atoms with van der Waals surface area (Å²) >= 11 is 0. The average Bonchev–Trinajstić information content (AvgIpc) is 3.99. The Morgan fingerprint density at radius 3 is 1.41 bits per heavy atom. The molecule has 8 nitrogen and oxygen atoms in total. The van der Waals surface area contributed by atoms with Crippen LogP contribution in [0.4, 0.5) is 34.3 Å². The van der Waals surface area contributed by atoms with E-state index in [9.17, 15) is 0 Å². The minimum absolute atomic E-state index is 0.571. The zero-order valence-corrected chi connectivity index (χ0v) is 32.4. The smallest absolute Gasteiger partial charge is 0.164 e. The highest BCUT2D eigenvalue weighted by Crippen LogP contribution is 2.43. The number of para-hydroxylation sites is 2. The maximum atomic E-state index is 6.68. The Balaban J connectivity index is 0.961. The lowest BCUT2D eigenvalue weighted by Gasteiger charge is -2.25. The first-order chi connectivity index (χ1) is 30.2. The van der Waals surface area contributed by atoms with Crippen molar-refractivity contribution < 1.29 is 13.3 Å². The molecule has 13 aromatic rings. The summed E-state index contributed by atoms with van der Waals surface area (Å²) in [5.41, 5.74) is 10.2. The van der Waals surface area contributed by atoms with Gasteiger partial charge in [0.1, 0.15) is 27.8 Å². The zero-order valence-electron chi connectivity index (χ0n) is 32.4. The molecule has 0 spiro atoms. The van der Waals surface area contributed by atoms with Crippen LogP contribution in [0.3, 0.4) is 0 Å². The van der Waals surface area contributed by atoms with Crippen molar-refractivity contribution in [2.75, 3.05) is 9.80 Å². The molecule has 0 unspecified atom stereocenters. The van der Waals surface area contributed by atoms with Crippen LogP contribution < -0.4 is 9.80 Å². The number of nitrogens with zero attached hydrogens (tertiary/aromatic N) is 5. The zero-order chi connectivity index (χ0) is 40.0. The number of benzene rings is 8. The molecular weight excluding hydrogens is 755 g/mol. The van der Waals surface area contributed by atoms with Crippen molar-refractivity contribution in [1.29, 1.82) is 0 Å². The number of anilines is 6. The third-order valence-electron chi connectivity index (χ3n) is 11.7. The van der Waals surface area contributed by atoms with Crippen LogP contribution in [0.15, 0.2) is 201 Å². The molecule has 8 heteroatoms. The number of furan rings is 3. The molecular formula is C53H31N5O3. The summed E-state index contributed by atoms with van der Waals surface area (Å²) in [6.07, 6.45) is 1.87. The molecule has 0 saturated heterocycles. The minimum Gasteiger partial charge on any atom is -0.456 e. The lowest BCUT2D eigenvalue weighted by molar-refractivity contribution is 0.666. The van der Waals surface area contributed by atoms with E-state index in [1.54, 1.807) is 0 Å². The summed E-state index contributed by atoms with van der Waals surface area (Å²) in [4.78, 5) is 9.27. The lowest BCUT2D eigenvalue weighted by atomic mass is 10.1. The van der Waals surface area contributed by atoms with Gasteiger partial charge in [0.15, 0.2) is 22.5 Å². The van der Waals surface area contributed by atoms with Crippen LogP contribution in [-0.4, -0.2) is 15.2 Å². The monoisotopic (exact) mass is 785 g/mol. The molecule has 8 aromatic carbocycles. The van der Waals surface area contributed by atoms with Gasteiger partial charge in [-0.1, -0.05) is 97.1 Å². The van der Waals surface area contributed by atoms with Crippen LogP contribution in [-0.2, 0) is 0 Å². The topological polar surface area (TPSA) is 84.6 Å². The van der Waals surface area contributed by atoms with E-state index in [2.05, 4.69) is 143 Å². The Morgan fingerprint density at radius 2 is 0.770 bits per heavy atom. The second-order valence-corrected chi connectivity index (χ2v) is 15.3. The fourth-order valence-corrected chi connectivity index (χ4v) is 8.85. The molecule has 0 amide bonds. The number of rotatable bonds is 6. The molecule has 13 rings (SSSR count). The maximum absolute atomic E-state index is 6.68. The Morgan fingerprint density at radius 1 is 0.311 bits per heavy atom. The van der Waals surface area contributed by atoms with E-state index < -0.39 is 0 Å². The van der Waals surface area contributed by atoms with Crippen molar-refractivity contribution in [2.45, 2.75) is 0 Å². The van der Waals surface area contributed by atoms with E-state index in [-0.39, 0.29) is 0 Å². The van der Waals surface area contributed by atoms with Crippen LogP contribution in [0, 0.1) is 0 Å². The fraction of sp³-hybridized carbons (Fsp3) is 0. The van der Waals surface area contributed by atoms with Crippen LogP contribution in [0.2, 0.25) is 0 Å². The van der Waals surface area contributed by atoms with E-state index in [1.807, 2.05) is 54.7 Å². The molecule has 0 N–H and O–H groups in total. The summed E-state index contributed by atoms with van der Waals surface area (Å²) in [7, 11) is 0. The third-order valence-corrected chi connectivity index (χ3v) is 11.7. The molecule has 5 heterocycles. The second kappa shape index (κ2) is 13.0. The van der Waals surface area contributed by atoms with Crippen molar-refractivity contribution in [1.82, 2.24) is 15.2 Å². The molecule has 0 saturated carbocycles. The highest BCUT2D eigenvalue weighted by molar-refractivity contribution is 6.08. The number of pyridine rings is 1. The number of fused-ring (bicyclic) bond motifs is 11. The quantitative estimate of drug-likeness (QED) is 0.165. The minimum atomic E-state index is 0.571. The van der Waals surface area contributed by atoms with Crippen molar-refractivity contribution >= 4 is 122 Å². The number of hydrogen-bond acceptors (Lipinski definition) is 8. The van der Waals surface area contributed by atoms with Gasteiger partial charge >= 0.3 is 0 Å². The van der Waals surface area contributed by atoms with Gasteiger partial charge < -0.3 is 18.2 Å². The summed E-state index contributed by atoms with van der Waals surface area (Å²) in [6.45, 7) is 0. The molecule has 0 atom stereocenters. The first-order valence-corrected chi connectivity index (χ1v) is 20.2. The summed E-state index contributed by atoms with van der Waals surface area (Å²) < 4.78 is 19.4. The van der Waals surface area contributed by atoms with Gasteiger partial charge in [0, 0.05) is 62.9 Å². The van der Waals surface area contributed by atoms with Gasteiger partial charge in [-0.3, -0.25) is 4.90 Å². The van der Waals surface area contributed by atoms with E-state index >= 15 is 0 Å². The largest absolute Gasteiger partial charge is 0.456 e. The Kier molecular flexibility index (Phi) is 7.14. The van der Waals surface area contributed by atoms with Gasteiger partial charge in [-0.2, -0.15) is 0 Å². The predicted octanol–water partition coefficient (Wildman–Crippen LogP) is 14.8. The van der Waals surface area contributed by atoms with Crippen molar-refractivity contribution in [3.63, 3.8) is 0 Å². The SMILES string of the molecule is c1ccc2cc(N(c3ccc4c(c3)oc3ccccc34)c3cnc4c(c3)oc3cc(N(c5ccc6ccccc6c5)c5ccc6c(c5)oc5ccccc56)nnc34)ccc2c1. The highest BCUT2D eigenvalue weighted by atomic mass is 16.3. The molecule has 5 aromatic heterocycles. The predicted molar refractivity (Wildman–Crippen MR) is 246 cm³/mol. The van der Waals surface area contributed by atoms with Gasteiger partial charge in [-0.25, -0.2) is 4.98 Å². The standard InChI is InChI=1S/C53H31N5O3/c1-3-11-34-25-36(19-17-32(34)9-1)57(38-21-23-43-41-13-5-7-15-45(41)59-47(43)27-38)40-29-49-52(54-31-40)53-50(61-49)30-51(55-56-53)58(37-20-18-33-10-2-4-12-35(33)26-37)39-22-24-44-42-14-6-8-16-46(42)60-48(44)28-39/h1-31H. The normalized spacial score (nSPS) is 11.9.